The number of aryl methyl sites for hydroxylation is 1. The number of thiazole rings is 1. The molecule has 0 radical (unpaired) electrons. The molecule has 1 aromatic heterocycles. The van der Waals surface area contributed by atoms with Gasteiger partial charge in [0.2, 0.25) is 0 Å². The number of nitrogens with zero attached hydrogens (tertiary/aromatic N) is 1. The smallest absolute Gasteiger partial charge is 0.138 e. The van der Waals surface area contributed by atoms with Crippen LogP contribution in [0.5, 0.6) is 5.75 Å². The van der Waals surface area contributed by atoms with Gasteiger partial charge in [-0.2, -0.15) is 0 Å². The molecule has 3 rings (SSSR count). The minimum Gasteiger partial charge on any atom is -0.493 e. The van der Waals surface area contributed by atoms with E-state index in [1.165, 1.54) is 0 Å². The Labute approximate surface area is 116 Å². The highest BCUT2D eigenvalue weighted by molar-refractivity contribution is 7.15. The molecule has 0 N–H and O–H groups in total. The van der Waals surface area contributed by atoms with Gasteiger partial charge < -0.3 is 4.74 Å². The number of carbonyl (C=O) groups is 1. The van der Waals surface area contributed by atoms with Crippen LogP contribution in [0.1, 0.15) is 23.9 Å². The molecule has 0 aliphatic heterocycles. The Hall–Kier alpha value is -1.68. The molecule has 1 heterocycles. The zero-order valence-corrected chi connectivity index (χ0v) is 11.6. The average Bonchev–Trinajstić information content (AvgIpc) is 2.82. The highest BCUT2D eigenvalue weighted by Crippen LogP contribution is 2.36. The molecule has 19 heavy (non-hydrogen) atoms. The van der Waals surface area contributed by atoms with Crippen LogP contribution in [0.2, 0.25) is 0 Å². The first-order chi connectivity index (χ1) is 9.28. The van der Waals surface area contributed by atoms with Crippen LogP contribution in [0, 0.1) is 0 Å². The van der Waals surface area contributed by atoms with Gasteiger partial charge in [0, 0.05) is 17.7 Å². The lowest BCUT2D eigenvalue weighted by atomic mass is 10.0. The van der Waals surface area contributed by atoms with Crippen molar-refractivity contribution < 1.29 is 9.53 Å². The Kier molecular flexibility index (Phi) is 3.34. The van der Waals surface area contributed by atoms with Gasteiger partial charge >= 0.3 is 0 Å². The summed E-state index contributed by atoms with van der Waals surface area (Å²) < 4.78 is 5.64. The Balaban J connectivity index is 2.01. The van der Waals surface area contributed by atoms with E-state index in [9.17, 15) is 4.79 Å². The van der Waals surface area contributed by atoms with Crippen LogP contribution in [0.3, 0.4) is 0 Å². The second kappa shape index (κ2) is 5.13. The van der Waals surface area contributed by atoms with Gasteiger partial charge in [-0.1, -0.05) is 12.1 Å². The zero-order valence-electron chi connectivity index (χ0n) is 10.8. The lowest BCUT2D eigenvalue weighted by Crippen LogP contribution is -2.11. The Morgan fingerprint density at radius 1 is 1.32 bits per heavy atom. The summed E-state index contributed by atoms with van der Waals surface area (Å²) in [6.07, 6.45) is 1.95. The average molecular weight is 273 g/mol. The minimum atomic E-state index is 0.320. The number of Topliss-reactive ketones (excluding diaryl/α,β-unsaturated/α-hetero) is 1. The van der Waals surface area contributed by atoms with Crippen LogP contribution in [0.25, 0.3) is 10.6 Å². The fourth-order valence-corrected chi connectivity index (χ4v) is 3.45. The molecule has 2 aromatic rings. The quantitative estimate of drug-likeness (QED) is 0.861. The number of fused-ring (bicyclic) bond motifs is 1. The molecular formula is C15H15NO2S. The number of rotatable bonds is 3. The number of para-hydroxylation sites is 1. The van der Waals surface area contributed by atoms with E-state index in [4.69, 9.17) is 4.74 Å². The maximum Gasteiger partial charge on any atom is 0.138 e. The summed E-state index contributed by atoms with van der Waals surface area (Å²) >= 11 is 1.62. The van der Waals surface area contributed by atoms with Crippen LogP contribution >= 0.6 is 11.3 Å². The Morgan fingerprint density at radius 3 is 3.00 bits per heavy atom. The number of carbonyl (C=O) groups excluding carboxylic acids is 1. The van der Waals surface area contributed by atoms with Crippen LogP contribution in [-0.2, 0) is 17.6 Å². The number of aromatic nitrogens is 1. The summed E-state index contributed by atoms with van der Waals surface area (Å²) in [5, 5.41) is 0.962. The van der Waals surface area contributed by atoms with Gasteiger partial charge in [0.05, 0.1) is 17.9 Å². The first-order valence-corrected chi connectivity index (χ1v) is 7.32. The van der Waals surface area contributed by atoms with Crippen molar-refractivity contribution in [1.82, 2.24) is 4.98 Å². The molecular weight excluding hydrogens is 258 g/mol. The lowest BCUT2D eigenvalue weighted by Gasteiger charge is -2.07. The topological polar surface area (TPSA) is 39.2 Å². The van der Waals surface area contributed by atoms with Crippen molar-refractivity contribution in [3.63, 3.8) is 0 Å². The molecule has 0 saturated carbocycles. The van der Waals surface area contributed by atoms with Crippen molar-refractivity contribution in [3.8, 4) is 16.3 Å². The van der Waals surface area contributed by atoms with E-state index < -0.39 is 0 Å². The molecule has 98 valence electrons. The third-order valence-electron chi connectivity index (χ3n) is 3.19. The maximum atomic E-state index is 11.5. The van der Waals surface area contributed by atoms with Crippen LogP contribution < -0.4 is 4.74 Å². The van der Waals surface area contributed by atoms with E-state index in [0.717, 1.165) is 33.3 Å². The maximum absolute atomic E-state index is 11.5. The molecule has 1 aromatic carbocycles. The minimum absolute atomic E-state index is 0.320. The van der Waals surface area contributed by atoms with Crippen molar-refractivity contribution in [2.45, 2.75) is 26.2 Å². The number of ketones is 1. The summed E-state index contributed by atoms with van der Waals surface area (Å²) in [5.74, 6) is 1.18. The molecule has 1 aliphatic rings. The fourth-order valence-electron chi connectivity index (χ4n) is 2.28. The van der Waals surface area contributed by atoms with Crippen molar-refractivity contribution >= 4 is 17.1 Å². The van der Waals surface area contributed by atoms with Gasteiger partial charge in [0.25, 0.3) is 0 Å². The first-order valence-electron chi connectivity index (χ1n) is 6.50. The normalized spacial score (nSPS) is 14.3. The van der Waals surface area contributed by atoms with Crippen molar-refractivity contribution in [3.05, 3.63) is 34.8 Å². The van der Waals surface area contributed by atoms with Crippen molar-refractivity contribution in [2.24, 2.45) is 0 Å². The van der Waals surface area contributed by atoms with E-state index in [1.54, 1.807) is 11.3 Å². The van der Waals surface area contributed by atoms with Gasteiger partial charge in [-0.15, -0.1) is 11.3 Å². The second-order valence-electron chi connectivity index (χ2n) is 4.53. The van der Waals surface area contributed by atoms with Gasteiger partial charge in [0.1, 0.15) is 16.5 Å². The number of benzene rings is 1. The SMILES string of the molecule is CCOc1ccccc1-c1nc2c(s1)CC(=O)CC2. The molecule has 4 heteroatoms. The summed E-state index contributed by atoms with van der Waals surface area (Å²) in [5.41, 5.74) is 2.11. The summed E-state index contributed by atoms with van der Waals surface area (Å²) in [6, 6.07) is 7.94. The Morgan fingerprint density at radius 2 is 2.16 bits per heavy atom. The molecule has 1 aliphatic carbocycles. The summed E-state index contributed by atoms with van der Waals surface area (Å²) in [7, 11) is 0. The van der Waals surface area contributed by atoms with Gasteiger partial charge in [-0.05, 0) is 25.5 Å². The molecule has 0 spiro atoms. The van der Waals surface area contributed by atoms with Gasteiger partial charge in [0.15, 0.2) is 0 Å². The number of hydrogen-bond acceptors (Lipinski definition) is 4. The van der Waals surface area contributed by atoms with E-state index in [1.807, 2.05) is 31.2 Å². The third-order valence-corrected chi connectivity index (χ3v) is 4.32. The van der Waals surface area contributed by atoms with E-state index >= 15 is 0 Å². The van der Waals surface area contributed by atoms with Gasteiger partial charge in [-0.3, -0.25) is 4.79 Å². The molecule has 0 fully saturated rings. The number of ether oxygens (including phenoxy) is 1. The lowest BCUT2D eigenvalue weighted by molar-refractivity contribution is -0.118. The highest BCUT2D eigenvalue weighted by atomic mass is 32.1. The fraction of sp³-hybridized carbons (Fsp3) is 0.333. The van der Waals surface area contributed by atoms with Crippen LogP contribution in [-0.4, -0.2) is 17.4 Å². The predicted molar refractivity (Wildman–Crippen MR) is 75.8 cm³/mol. The summed E-state index contributed by atoms with van der Waals surface area (Å²) in [6.45, 7) is 2.61. The van der Waals surface area contributed by atoms with Crippen LogP contribution in [0.4, 0.5) is 0 Å². The van der Waals surface area contributed by atoms with Crippen molar-refractivity contribution in [1.29, 1.82) is 0 Å². The molecule has 0 unspecified atom stereocenters. The zero-order chi connectivity index (χ0) is 13.2. The monoisotopic (exact) mass is 273 g/mol. The van der Waals surface area contributed by atoms with Gasteiger partial charge in [-0.25, -0.2) is 4.98 Å². The number of hydrogen-bond donors (Lipinski definition) is 0. The van der Waals surface area contributed by atoms with Crippen LogP contribution in [0.15, 0.2) is 24.3 Å². The van der Waals surface area contributed by atoms with E-state index in [2.05, 4.69) is 4.98 Å². The third kappa shape index (κ3) is 2.40. The second-order valence-corrected chi connectivity index (χ2v) is 5.62. The van der Waals surface area contributed by atoms with E-state index in [-0.39, 0.29) is 0 Å². The Bertz CT molecular complexity index is 618. The molecule has 0 atom stereocenters. The largest absolute Gasteiger partial charge is 0.493 e. The molecule has 0 bridgehead atoms. The van der Waals surface area contributed by atoms with Crippen molar-refractivity contribution in [2.75, 3.05) is 6.61 Å². The highest BCUT2D eigenvalue weighted by Gasteiger charge is 2.21. The summed E-state index contributed by atoms with van der Waals surface area (Å²) in [4.78, 5) is 17.3. The molecule has 3 nitrogen and oxygen atoms in total. The molecule has 0 amide bonds. The predicted octanol–water partition coefficient (Wildman–Crippen LogP) is 3.27. The molecule has 0 saturated heterocycles. The first kappa shape index (κ1) is 12.4. The van der Waals surface area contributed by atoms with E-state index in [0.29, 0.717) is 25.2 Å². The standard InChI is InChI=1S/C15H15NO2S/c1-2-18-13-6-4-3-5-11(13)15-16-12-8-7-10(17)9-14(12)19-15/h3-6H,2,7-9H2,1H3.